The first kappa shape index (κ1) is 8.94. The highest BCUT2D eigenvalue weighted by Crippen LogP contribution is 1.93. The molecule has 0 aromatic rings. The van der Waals surface area contributed by atoms with Gasteiger partial charge in [-0.2, -0.15) is 0 Å². The number of hydrogen-bond acceptors (Lipinski definition) is 4. The maximum atomic E-state index is 10.1. The van der Waals surface area contributed by atoms with Crippen LogP contribution in [0.15, 0.2) is 0 Å². The summed E-state index contributed by atoms with van der Waals surface area (Å²) in [7, 11) is 0. The molecule has 0 unspecified atom stereocenters. The van der Waals surface area contributed by atoms with Gasteiger partial charge in [-0.15, -0.1) is 0 Å². The monoisotopic (exact) mass is 149 g/mol. The lowest BCUT2D eigenvalue weighted by atomic mass is 10.2. The third-order valence-corrected chi connectivity index (χ3v) is 1.43. The van der Waals surface area contributed by atoms with Crippen LogP contribution in [-0.2, 0) is 4.79 Å². The molecule has 0 spiro atoms. The van der Waals surface area contributed by atoms with Crippen LogP contribution < -0.4 is 4.72 Å². The Kier molecular flexibility index (Phi) is 4.75. The molecule has 0 aromatic carbocycles. The van der Waals surface area contributed by atoms with Gasteiger partial charge in [-0.05, 0) is 13.2 Å². The summed E-state index contributed by atoms with van der Waals surface area (Å²) in [5.41, 5.74) is 0. The van der Waals surface area contributed by atoms with Gasteiger partial charge < -0.3 is 9.90 Å². The molecular weight excluding hydrogens is 138 g/mol. The highest BCUT2D eigenvalue weighted by molar-refractivity contribution is 7.96. The van der Waals surface area contributed by atoms with Gasteiger partial charge in [-0.3, -0.25) is 4.72 Å². The van der Waals surface area contributed by atoms with Crippen LogP contribution in [0.4, 0.5) is 0 Å². The number of carbonyl (C=O) groups is 1. The number of aliphatic hydroxyl groups excluding tert-OH is 1. The van der Waals surface area contributed by atoms with Crippen LogP contribution in [-0.4, -0.2) is 29.8 Å². The van der Waals surface area contributed by atoms with Gasteiger partial charge in [0, 0.05) is 0 Å². The predicted molar refractivity (Wildman–Crippen MR) is 38.2 cm³/mol. The molecule has 4 heteroatoms. The normalized spacial score (nSPS) is 16.8. The van der Waals surface area contributed by atoms with Crippen LogP contribution in [0.25, 0.3) is 0 Å². The number of aliphatic hydroxyl groups is 1. The predicted octanol–water partition coefficient (Wildman–Crippen LogP) is -0.198. The molecule has 0 bridgehead atoms. The van der Waals surface area contributed by atoms with E-state index in [4.69, 9.17) is 5.11 Å². The molecule has 2 N–H and O–H groups in total. The minimum absolute atomic E-state index is 0.444. The topological polar surface area (TPSA) is 49.3 Å². The van der Waals surface area contributed by atoms with E-state index in [1.54, 1.807) is 13.2 Å². The van der Waals surface area contributed by atoms with Crippen LogP contribution in [0.3, 0.4) is 0 Å². The van der Waals surface area contributed by atoms with E-state index in [9.17, 15) is 4.79 Å². The molecule has 2 atom stereocenters. The Hall–Kier alpha value is -0.0600. The summed E-state index contributed by atoms with van der Waals surface area (Å²) in [5, 5.41) is 8.84. The van der Waals surface area contributed by atoms with Crippen LogP contribution in [0.1, 0.15) is 6.92 Å². The van der Waals surface area contributed by atoms with E-state index in [1.807, 2.05) is 0 Å². The first-order valence-corrected chi connectivity index (χ1v) is 3.86. The molecule has 0 fully saturated rings. The lowest BCUT2D eigenvalue weighted by molar-refractivity contribution is -0.111. The lowest BCUT2D eigenvalue weighted by Gasteiger charge is -2.11. The van der Waals surface area contributed by atoms with E-state index in [0.717, 1.165) is 0 Å². The van der Waals surface area contributed by atoms with Gasteiger partial charge in [0.05, 0.1) is 12.1 Å². The fourth-order valence-electron chi connectivity index (χ4n) is 0.376. The molecule has 0 heterocycles. The molecule has 0 rings (SSSR count). The Morgan fingerprint density at radius 3 is 2.44 bits per heavy atom. The van der Waals surface area contributed by atoms with Crippen molar-refractivity contribution in [3.05, 3.63) is 0 Å². The molecule has 54 valence electrons. The average molecular weight is 149 g/mol. The van der Waals surface area contributed by atoms with Crippen molar-refractivity contribution in [2.45, 2.75) is 19.1 Å². The van der Waals surface area contributed by atoms with Crippen LogP contribution in [0.5, 0.6) is 0 Å². The molecule has 0 aliphatic rings. The summed E-state index contributed by atoms with van der Waals surface area (Å²) < 4.78 is 2.73. The van der Waals surface area contributed by atoms with Crippen molar-refractivity contribution in [3.8, 4) is 0 Å². The minimum Gasteiger partial charge on any atom is -0.391 e. The molecule has 0 saturated carbocycles. The molecule has 9 heavy (non-hydrogen) atoms. The Morgan fingerprint density at radius 1 is 1.78 bits per heavy atom. The summed E-state index contributed by atoms with van der Waals surface area (Å²) in [4.78, 5) is 10.1. The number of rotatable bonds is 4. The van der Waals surface area contributed by atoms with E-state index in [1.165, 1.54) is 11.9 Å². The quantitative estimate of drug-likeness (QED) is 0.429. The van der Waals surface area contributed by atoms with Crippen molar-refractivity contribution < 1.29 is 9.90 Å². The Labute approximate surface area is 59.0 Å². The van der Waals surface area contributed by atoms with Crippen molar-refractivity contribution in [3.63, 3.8) is 0 Å². The summed E-state index contributed by atoms with van der Waals surface area (Å²) in [5.74, 6) is 0. The fraction of sp³-hybridized carbons (Fsp3) is 0.800. The number of nitrogens with one attached hydrogen (secondary N) is 1. The van der Waals surface area contributed by atoms with Gasteiger partial charge in [0.2, 0.25) is 0 Å². The van der Waals surface area contributed by atoms with Crippen molar-refractivity contribution in [2.75, 3.05) is 6.26 Å². The number of carbonyl (C=O) groups excluding carboxylic acids is 1. The second-order valence-electron chi connectivity index (χ2n) is 1.72. The summed E-state index contributed by atoms with van der Waals surface area (Å²) in [6.45, 7) is 1.57. The molecule has 0 radical (unpaired) electrons. The zero-order valence-electron chi connectivity index (χ0n) is 5.50. The third kappa shape index (κ3) is 3.51. The van der Waals surface area contributed by atoms with Crippen molar-refractivity contribution in [1.82, 2.24) is 4.72 Å². The van der Waals surface area contributed by atoms with Gasteiger partial charge in [0.1, 0.15) is 6.29 Å². The highest BCUT2D eigenvalue weighted by atomic mass is 32.2. The first-order chi connectivity index (χ1) is 4.22. The molecule has 0 aliphatic heterocycles. The fourth-order valence-corrected chi connectivity index (χ4v) is 0.901. The third-order valence-electron chi connectivity index (χ3n) is 0.920. The number of aldehydes is 1. The lowest BCUT2D eigenvalue weighted by Crippen LogP contribution is -2.35. The van der Waals surface area contributed by atoms with Crippen molar-refractivity contribution >= 4 is 18.2 Å². The van der Waals surface area contributed by atoms with Gasteiger partial charge in [-0.1, -0.05) is 11.9 Å². The Balaban J connectivity index is 3.54. The maximum Gasteiger partial charge on any atom is 0.140 e. The van der Waals surface area contributed by atoms with Gasteiger partial charge in [-0.25, -0.2) is 0 Å². The van der Waals surface area contributed by atoms with Crippen LogP contribution in [0, 0.1) is 0 Å². The molecule has 0 amide bonds. The van der Waals surface area contributed by atoms with E-state index in [0.29, 0.717) is 6.29 Å². The Morgan fingerprint density at radius 2 is 2.33 bits per heavy atom. The highest BCUT2D eigenvalue weighted by Gasteiger charge is 2.10. The van der Waals surface area contributed by atoms with Gasteiger partial charge in [0.25, 0.3) is 0 Å². The average Bonchev–Trinajstić information content (AvgIpc) is 1.82. The zero-order chi connectivity index (χ0) is 7.28. The summed E-state index contributed by atoms with van der Waals surface area (Å²) in [6, 6.07) is -0.444. The van der Waals surface area contributed by atoms with E-state index < -0.39 is 12.1 Å². The second kappa shape index (κ2) is 4.78. The van der Waals surface area contributed by atoms with Gasteiger partial charge in [0.15, 0.2) is 0 Å². The SMILES string of the molecule is CSN[C@H](C=O)[C@@H](C)O. The van der Waals surface area contributed by atoms with Gasteiger partial charge >= 0.3 is 0 Å². The van der Waals surface area contributed by atoms with Crippen molar-refractivity contribution in [1.29, 1.82) is 0 Å². The van der Waals surface area contributed by atoms with E-state index in [-0.39, 0.29) is 0 Å². The van der Waals surface area contributed by atoms with Crippen LogP contribution >= 0.6 is 11.9 Å². The minimum atomic E-state index is -0.616. The molecular formula is C5H11NO2S. The summed E-state index contributed by atoms with van der Waals surface area (Å²) in [6.07, 6.45) is 1.88. The Bertz CT molecular complexity index is 87.0. The molecule has 3 nitrogen and oxygen atoms in total. The van der Waals surface area contributed by atoms with E-state index >= 15 is 0 Å². The summed E-state index contributed by atoms with van der Waals surface area (Å²) >= 11 is 1.32. The molecule has 0 saturated heterocycles. The first-order valence-electron chi connectivity index (χ1n) is 2.64. The second-order valence-corrected chi connectivity index (χ2v) is 2.37. The van der Waals surface area contributed by atoms with Crippen LogP contribution in [0.2, 0.25) is 0 Å². The number of hydrogen-bond donors (Lipinski definition) is 2. The smallest absolute Gasteiger partial charge is 0.140 e. The largest absolute Gasteiger partial charge is 0.391 e. The maximum absolute atomic E-state index is 10.1. The molecule has 0 aliphatic carbocycles. The zero-order valence-corrected chi connectivity index (χ0v) is 6.31. The van der Waals surface area contributed by atoms with E-state index in [2.05, 4.69) is 4.72 Å². The van der Waals surface area contributed by atoms with Crippen molar-refractivity contribution in [2.24, 2.45) is 0 Å². The standard InChI is InChI=1S/C5H11NO2S/c1-4(8)5(3-7)6-9-2/h3-6,8H,1-2H3/t4-,5-/m1/s1. The molecule has 0 aromatic heterocycles.